The van der Waals surface area contributed by atoms with E-state index in [2.05, 4.69) is 228 Å². The Bertz CT molecular complexity index is 3560. The quantitative estimate of drug-likeness (QED) is 0.161. The normalized spacial score (nSPS) is 11.6. The van der Waals surface area contributed by atoms with E-state index < -0.39 is 0 Å². The molecule has 0 aliphatic heterocycles. The Balaban J connectivity index is 0.875. The molecule has 0 aliphatic rings. The van der Waals surface area contributed by atoms with Crippen molar-refractivity contribution in [2.75, 3.05) is 4.90 Å². The Morgan fingerprint density at radius 3 is 1.52 bits per heavy atom. The van der Waals surface area contributed by atoms with Gasteiger partial charge in [-0.3, -0.25) is 0 Å². The summed E-state index contributed by atoms with van der Waals surface area (Å²) in [5.41, 5.74) is 15.8. The van der Waals surface area contributed by atoms with Gasteiger partial charge in [-0.2, -0.15) is 0 Å². The highest BCUT2D eigenvalue weighted by Gasteiger charge is 2.17. The molecule has 0 spiro atoms. The molecule has 286 valence electrons. The third-order valence-corrected chi connectivity index (χ3v) is 12.2. The van der Waals surface area contributed by atoms with Gasteiger partial charge in [-0.05, 0) is 118 Å². The summed E-state index contributed by atoms with van der Waals surface area (Å²) in [7, 11) is 0. The fourth-order valence-corrected chi connectivity index (χ4v) is 9.20. The van der Waals surface area contributed by atoms with Crippen LogP contribution in [0.15, 0.2) is 235 Å². The lowest BCUT2D eigenvalue weighted by Gasteiger charge is -2.27. The largest absolute Gasteiger partial charge is 0.456 e. The summed E-state index contributed by atoms with van der Waals surface area (Å²) < 4.78 is 8.48. The van der Waals surface area contributed by atoms with Crippen molar-refractivity contribution in [3.8, 4) is 39.1 Å². The average Bonchev–Trinajstić information content (AvgIpc) is 3.88. The molecule has 0 N–H and O–H groups in total. The molecule has 2 aromatic heterocycles. The molecule has 12 rings (SSSR count). The summed E-state index contributed by atoms with van der Waals surface area (Å²) >= 11 is 0. The van der Waals surface area contributed by atoms with Gasteiger partial charge in [0.2, 0.25) is 0 Å². The maximum atomic E-state index is 6.12. The lowest BCUT2D eigenvalue weighted by atomic mass is 9.98. The van der Waals surface area contributed by atoms with Gasteiger partial charge in [0.15, 0.2) is 0 Å². The summed E-state index contributed by atoms with van der Waals surface area (Å²) in [5, 5.41) is 7.20. The minimum Gasteiger partial charge on any atom is -0.456 e. The first-order valence-corrected chi connectivity index (χ1v) is 20.8. The summed E-state index contributed by atoms with van der Waals surface area (Å²) in [5.74, 6) is 0. The molecular weight excluding hydrogens is 741 g/mol. The Labute approximate surface area is 353 Å². The number of nitrogens with zero attached hydrogens (tertiary/aromatic N) is 2. The van der Waals surface area contributed by atoms with Crippen molar-refractivity contribution in [3.63, 3.8) is 0 Å². The van der Waals surface area contributed by atoms with Crippen LogP contribution in [-0.4, -0.2) is 4.57 Å². The zero-order valence-electron chi connectivity index (χ0n) is 33.2. The SMILES string of the molecule is c1ccc(-n2c3ccccc3c3cc(-c4ccc(-c5ccc(N(c6ccc(-c7ccc8oc9ccccc9c8c7)cc6)c6cccc7ccccc67)cc5)cc4)ccc32)cc1. The topological polar surface area (TPSA) is 21.3 Å². The molecule has 0 saturated carbocycles. The van der Waals surface area contributed by atoms with E-state index in [0.717, 1.165) is 50.1 Å². The van der Waals surface area contributed by atoms with Crippen LogP contribution in [0.25, 0.3) is 93.6 Å². The van der Waals surface area contributed by atoms with Crippen LogP contribution in [-0.2, 0) is 0 Å². The number of fused-ring (bicyclic) bond motifs is 7. The number of para-hydroxylation sites is 3. The van der Waals surface area contributed by atoms with Gasteiger partial charge in [0.1, 0.15) is 11.2 Å². The summed E-state index contributed by atoms with van der Waals surface area (Å²) in [4.78, 5) is 2.37. The number of benzene rings is 10. The van der Waals surface area contributed by atoms with Crippen molar-refractivity contribution in [2.24, 2.45) is 0 Å². The van der Waals surface area contributed by atoms with Gasteiger partial charge in [0.25, 0.3) is 0 Å². The molecule has 10 aromatic carbocycles. The van der Waals surface area contributed by atoms with Gasteiger partial charge in [0.05, 0.1) is 16.7 Å². The second-order valence-electron chi connectivity index (χ2n) is 15.7. The second kappa shape index (κ2) is 14.3. The van der Waals surface area contributed by atoms with E-state index in [4.69, 9.17) is 4.42 Å². The monoisotopic (exact) mass is 778 g/mol. The number of hydrogen-bond donors (Lipinski definition) is 0. The minimum absolute atomic E-state index is 0.907. The van der Waals surface area contributed by atoms with E-state index in [9.17, 15) is 0 Å². The van der Waals surface area contributed by atoms with Crippen LogP contribution >= 0.6 is 0 Å². The molecule has 0 aliphatic carbocycles. The summed E-state index contributed by atoms with van der Waals surface area (Å²) in [6.45, 7) is 0. The number of aromatic nitrogens is 1. The molecule has 0 amide bonds. The Kier molecular flexibility index (Phi) is 8.17. The highest BCUT2D eigenvalue weighted by molar-refractivity contribution is 6.11. The second-order valence-corrected chi connectivity index (χ2v) is 15.7. The standard InChI is InChI=1S/C58H38N2O/c1-2-13-46(14-3-1)60-55-18-8-6-16-50(55)52-37-44(29-35-56(52)60)41-23-21-39(22-24-41)40-25-31-47(32-26-40)59(54-19-10-12-43-11-4-5-15-49(43)54)48-33-27-42(28-34-48)45-30-36-58-53(38-45)51-17-7-9-20-57(51)61-58/h1-38H. The van der Waals surface area contributed by atoms with E-state index >= 15 is 0 Å². The Hall–Kier alpha value is -8.14. The van der Waals surface area contributed by atoms with Crippen LogP contribution in [0.4, 0.5) is 17.1 Å². The van der Waals surface area contributed by atoms with Crippen LogP contribution < -0.4 is 4.90 Å². The maximum Gasteiger partial charge on any atom is 0.135 e. The molecule has 0 atom stereocenters. The summed E-state index contributed by atoms with van der Waals surface area (Å²) in [6.07, 6.45) is 0. The number of rotatable bonds is 7. The zero-order chi connectivity index (χ0) is 40.3. The molecule has 3 heteroatoms. The molecule has 0 bridgehead atoms. The third kappa shape index (κ3) is 5.98. The van der Waals surface area contributed by atoms with E-state index in [1.807, 2.05) is 12.1 Å². The fourth-order valence-electron chi connectivity index (χ4n) is 9.20. The molecule has 0 unspecified atom stereocenters. The van der Waals surface area contributed by atoms with Gasteiger partial charge < -0.3 is 13.9 Å². The first-order valence-electron chi connectivity index (χ1n) is 20.8. The predicted octanol–water partition coefficient (Wildman–Crippen LogP) is 16.3. The number of hydrogen-bond acceptors (Lipinski definition) is 2. The van der Waals surface area contributed by atoms with Crippen LogP contribution in [0, 0.1) is 0 Å². The highest BCUT2D eigenvalue weighted by atomic mass is 16.3. The minimum atomic E-state index is 0.907. The van der Waals surface area contributed by atoms with Gasteiger partial charge in [0, 0.05) is 44.0 Å². The highest BCUT2D eigenvalue weighted by Crippen LogP contribution is 2.41. The number of anilines is 3. The molecule has 0 fully saturated rings. The van der Waals surface area contributed by atoms with E-state index in [0.29, 0.717) is 0 Å². The molecule has 0 radical (unpaired) electrons. The molecule has 3 nitrogen and oxygen atoms in total. The molecular formula is C58H38N2O. The average molecular weight is 779 g/mol. The van der Waals surface area contributed by atoms with Gasteiger partial charge in [-0.25, -0.2) is 0 Å². The molecule has 0 saturated heterocycles. The summed E-state index contributed by atoms with van der Waals surface area (Å²) in [6, 6.07) is 83.0. The van der Waals surface area contributed by atoms with Gasteiger partial charge in [-0.1, -0.05) is 152 Å². The van der Waals surface area contributed by atoms with Crippen molar-refractivity contribution in [2.45, 2.75) is 0 Å². The number of furan rings is 1. The molecule has 2 heterocycles. The van der Waals surface area contributed by atoms with Crippen molar-refractivity contribution < 1.29 is 4.42 Å². The van der Waals surface area contributed by atoms with Gasteiger partial charge >= 0.3 is 0 Å². The van der Waals surface area contributed by atoms with E-state index in [-0.39, 0.29) is 0 Å². The Morgan fingerprint density at radius 2 is 0.803 bits per heavy atom. The van der Waals surface area contributed by atoms with Crippen molar-refractivity contribution in [1.82, 2.24) is 4.57 Å². The van der Waals surface area contributed by atoms with Crippen LogP contribution in [0.1, 0.15) is 0 Å². The van der Waals surface area contributed by atoms with E-state index in [1.54, 1.807) is 0 Å². The Morgan fingerprint density at radius 1 is 0.311 bits per heavy atom. The van der Waals surface area contributed by atoms with Crippen molar-refractivity contribution in [3.05, 3.63) is 231 Å². The van der Waals surface area contributed by atoms with Crippen molar-refractivity contribution >= 4 is 71.6 Å². The van der Waals surface area contributed by atoms with Crippen LogP contribution in [0.5, 0.6) is 0 Å². The first kappa shape index (κ1) is 34.9. The van der Waals surface area contributed by atoms with Gasteiger partial charge in [-0.15, -0.1) is 0 Å². The van der Waals surface area contributed by atoms with E-state index in [1.165, 1.54) is 60.5 Å². The maximum absolute atomic E-state index is 6.12. The van der Waals surface area contributed by atoms with Crippen LogP contribution in [0.2, 0.25) is 0 Å². The lowest BCUT2D eigenvalue weighted by molar-refractivity contribution is 0.669. The predicted molar refractivity (Wildman–Crippen MR) is 257 cm³/mol. The zero-order valence-corrected chi connectivity index (χ0v) is 33.2. The lowest BCUT2D eigenvalue weighted by Crippen LogP contribution is -2.10. The smallest absolute Gasteiger partial charge is 0.135 e. The fraction of sp³-hybridized carbons (Fsp3) is 0. The third-order valence-electron chi connectivity index (χ3n) is 12.2. The molecule has 61 heavy (non-hydrogen) atoms. The molecule has 12 aromatic rings. The van der Waals surface area contributed by atoms with Crippen LogP contribution in [0.3, 0.4) is 0 Å². The first-order chi connectivity index (χ1) is 30.2. The van der Waals surface area contributed by atoms with Crippen molar-refractivity contribution in [1.29, 1.82) is 0 Å².